The average molecular weight is 550 g/mol. The van der Waals surface area contributed by atoms with Crippen LogP contribution in [0.1, 0.15) is 18.1 Å². The van der Waals surface area contributed by atoms with E-state index in [1.165, 1.54) is 15.7 Å². The van der Waals surface area contributed by atoms with Crippen molar-refractivity contribution < 1.29 is 26.2 Å². The molecule has 4 rings (SSSR count). The van der Waals surface area contributed by atoms with E-state index in [2.05, 4.69) is 0 Å². The van der Waals surface area contributed by atoms with Gasteiger partial charge in [0.2, 0.25) is 0 Å². The number of rotatable bonds is 7. The maximum atomic E-state index is 13.4. The van der Waals surface area contributed by atoms with E-state index in [1.54, 1.807) is 37.5 Å². The molecule has 0 amide bonds. The molecule has 0 saturated carbocycles. The minimum absolute atomic E-state index is 0.123. The number of alkyl halides is 3. The van der Waals surface area contributed by atoms with Crippen molar-refractivity contribution in [2.45, 2.75) is 31.5 Å². The molecule has 0 saturated heterocycles. The lowest BCUT2D eigenvalue weighted by molar-refractivity contribution is -0.450. The van der Waals surface area contributed by atoms with Crippen LogP contribution in [-0.2, 0) is 23.4 Å². The van der Waals surface area contributed by atoms with E-state index in [4.69, 9.17) is 0 Å². The van der Waals surface area contributed by atoms with Gasteiger partial charge in [0.1, 0.15) is 6.54 Å². The Morgan fingerprint density at radius 1 is 1.11 bits per heavy atom. The number of anilines is 1. The lowest BCUT2D eigenvalue weighted by atomic mass is 10.0. The average Bonchev–Trinajstić information content (AvgIpc) is 2.84. The molecule has 0 spiro atoms. The molecular formula is C27H32F3N4O3S+. The van der Waals surface area contributed by atoms with Crippen molar-refractivity contribution in [3.05, 3.63) is 63.9 Å². The monoisotopic (exact) mass is 549 g/mol. The lowest BCUT2D eigenvalue weighted by Crippen LogP contribution is -2.43. The SMILES string of the molecule is CCN(Cc1cc(C)cc2c(=O)n(C)c([N+]3=CCN(CC(F)(F)F)CC3)cc12)c1ccccc1S(C)(=O)=O. The summed E-state index contributed by atoms with van der Waals surface area (Å²) in [5.41, 5.74) is 2.15. The van der Waals surface area contributed by atoms with Gasteiger partial charge in [-0.1, -0.05) is 18.2 Å². The van der Waals surface area contributed by atoms with Gasteiger partial charge in [0.25, 0.3) is 5.82 Å². The largest absolute Gasteiger partial charge is 0.401 e. The summed E-state index contributed by atoms with van der Waals surface area (Å²) in [7, 11) is -1.80. The smallest absolute Gasteiger partial charge is 0.366 e. The normalized spacial score (nSPS) is 15.1. The van der Waals surface area contributed by atoms with Crippen molar-refractivity contribution in [2.24, 2.45) is 7.05 Å². The zero-order chi connectivity index (χ0) is 27.8. The van der Waals surface area contributed by atoms with Crippen LogP contribution < -0.4 is 10.5 Å². The van der Waals surface area contributed by atoms with Gasteiger partial charge in [0, 0.05) is 37.3 Å². The van der Waals surface area contributed by atoms with E-state index in [9.17, 15) is 26.4 Å². The van der Waals surface area contributed by atoms with Crippen LogP contribution >= 0.6 is 0 Å². The second-order valence-corrected chi connectivity index (χ2v) is 11.7. The molecule has 11 heteroatoms. The molecule has 0 N–H and O–H groups in total. The molecule has 0 atom stereocenters. The quantitative estimate of drug-likeness (QED) is 0.419. The molecule has 0 bridgehead atoms. The number of hydrogen-bond acceptors (Lipinski definition) is 5. The van der Waals surface area contributed by atoms with Gasteiger partial charge in [-0.3, -0.25) is 4.90 Å². The fraction of sp³-hybridized carbons (Fsp3) is 0.407. The maximum Gasteiger partial charge on any atom is 0.401 e. The predicted octanol–water partition coefficient (Wildman–Crippen LogP) is 3.87. The van der Waals surface area contributed by atoms with Crippen LogP contribution in [0.5, 0.6) is 0 Å². The summed E-state index contributed by atoms with van der Waals surface area (Å²) >= 11 is 0. The van der Waals surface area contributed by atoms with Crippen LogP contribution in [0.3, 0.4) is 0 Å². The molecule has 204 valence electrons. The molecule has 0 radical (unpaired) electrons. The Labute approximate surface area is 220 Å². The number of hydrogen-bond donors (Lipinski definition) is 0. The van der Waals surface area contributed by atoms with Crippen LogP contribution in [0.25, 0.3) is 10.8 Å². The second-order valence-electron chi connectivity index (χ2n) is 9.73. The molecular weight excluding hydrogens is 517 g/mol. The Balaban J connectivity index is 1.78. The zero-order valence-corrected chi connectivity index (χ0v) is 22.7. The number of benzene rings is 2. The molecule has 3 aromatic rings. The van der Waals surface area contributed by atoms with Crippen LogP contribution in [-0.4, -0.2) is 73.8 Å². The van der Waals surface area contributed by atoms with Crippen molar-refractivity contribution in [2.75, 3.05) is 43.9 Å². The standard InChI is InChI=1S/C27H32F3N4O3S/c1-5-33(23-8-6-7-9-24(23)38(4,36)37)17-20-14-19(2)15-22-21(20)16-25(31(3)26(22)35)34-12-10-32(11-13-34)18-27(28,29)30/h6-9,12,14-16H,5,10-11,13,17-18H2,1-4H3/q+1. The summed E-state index contributed by atoms with van der Waals surface area (Å²) in [6.07, 6.45) is -1.40. The fourth-order valence-corrected chi connectivity index (χ4v) is 5.90. The Bertz CT molecular complexity index is 1560. The van der Waals surface area contributed by atoms with Gasteiger partial charge in [-0.2, -0.15) is 17.7 Å². The highest BCUT2D eigenvalue weighted by atomic mass is 32.2. The molecule has 0 fully saturated rings. The first-order valence-electron chi connectivity index (χ1n) is 12.3. The lowest BCUT2D eigenvalue weighted by Gasteiger charge is -2.27. The molecule has 2 aromatic carbocycles. The fourth-order valence-electron chi connectivity index (χ4n) is 4.99. The third-order valence-electron chi connectivity index (χ3n) is 6.83. The summed E-state index contributed by atoms with van der Waals surface area (Å²) in [5, 5.41) is 1.27. The van der Waals surface area contributed by atoms with Crippen LogP contribution in [0.4, 0.5) is 24.7 Å². The van der Waals surface area contributed by atoms with Gasteiger partial charge in [-0.05, 0) is 43.2 Å². The number of aromatic nitrogens is 1. The van der Waals surface area contributed by atoms with Crippen LogP contribution in [0, 0.1) is 6.92 Å². The highest BCUT2D eigenvalue weighted by Gasteiger charge is 2.32. The maximum absolute atomic E-state index is 13.4. The van der Waals surface area contributed by atoms with E-state index in [0.29, 0.717) is 36.5 Å². The molecule has 1 aliphatic heterocycles. The van der Waals surface area contributed by atoms with Crippen molar-refractivity contribution >= 4 is 38.3 Å². The van der Waals surface area contributed by atoms with E-state index < -0.39 is 22.6 Å². The first-order valence-corrected chi connectivity index (χ1v) is 14.2. The number of halogens is 3. The van der Waals surface area contributed by atoms with Gasteiger partial charge in [0.15, 0.2) is 9.84 Å². The summed E-state index contributed by atoms with van der Waals surface area (Å²) in [6.45, 7) is 4.44. The Kier molecular flexibility index (Phi) is 7.72. The summed E-state index contributed by atoms with van der Waals surface area (Å²) < 4.78 is 66.7. The third-order valence-corrected chi connectivity index (χ3v) is 7.97. The molecule has 0 unspecified atom stereocenters. The second kappa shape index (κ2) is 10.5. The van der Waals surface area contributed by atoms with Crippen molar-refractivity contribution in [3.8, 4) is 0 Å². The Hall–Kier alpha value is -3.18. The number of para-hydroxylation sites is 1. The van der Waals surface area contributed by atoms with Gasteiger partial charge >= 0.3 is 11.7 Å². The minimum Gasteiger partial charge on any atom is -0.366 e. The number of aryl methyl sites for hydroxylation is 1. The van der Waals surface area contributed by atoms with E-state index in [1.807, 2.05) is 41.5 Å². The molecule has 2 heterocycles. The van der Waals surface area contributed by atoms with Gasteiger partial charge in [-0.15, -0.1) is 0 Å². The first-order chi connectivity index (χ1) is 17.8. The van der Waals surface area contributed by atoms with Crippen LogP contribution in [0.15, 0.2) is 52.2 Å². The topological polar surface area (TPSA) is 65.6 Å². The van der Waals surface area contributed by atoms with E-state index in [-0.39, 0.29) is 23.5 Å². The molecule has 1 aliphatic rings. The van der Waals surface area contributed by atoms with Crippen molar-refractivity contribution in [3.63, 3.8) is 0 Å². The number of nitrogens with zero attached hydrogens (tertiary/aromatic N) is 4. The molecule has 0 aliphatic carbocycles. The van der Waals surface area contributed by atoms with Gasteiger partial charge < -0.3 is 4.90 Å². The number of pyridine rings is 1. The summed E-state index contributed by atoms with van der Waals surface area (Å²) in [6, 6.07) is 12.6. The Morgan fingerprint density at radius 3 is 2.42 bits per heavy atom. The molecule has 1 aromatic heterocycles. The highest BCUT2D eigenvalue weighted by Crippen LogP contribution is 2.30. The molecule has 38 heavy (non-hydrogen) atoms. The zero-order valence-electron chi connectivity index (χ0n) is 21.9. The predicted molar refractivity (Wildman–Crippen MR) is 144 cm³/mol. The summed E-state index contributed by atoms with van der Waals surface area (Å²) in [4.78, 5) is 17.0. The third kappa shape index (κ3) is 5.94. The van der Waals surface area contributed by atoms with Crippen molar-refractivity contribution in [1.29, 1.82) is 0 Å². The van der Waals surface area contributed by atoms with Crippen molar-refractivity contribution in [1.82, 2.24) is 9.47 Å². The number of fused-ring (bicyclic) bond motifs is 1. The van der Waals surface area contributed by atoms with E-state index >= 15 is 0 Å². The number of sulfone groups is 1. The Morgan fingerprint density at radius 2 is 1.82 bits per heavy atom. The van der Waals surface area contributed by atoms with Crippen LogP contribution in [0.2, 0.25) is 0 Å². The highest BCUT2D eigenvalue weighted by molar-refractivity contribution is 7.90. The molecule has 7 nitrogen and oxygen atoms in total. The van der Waals surface area contributed by atoms with Gasteiger partial charge in [0.05, 0.1) is 42.3 Å². The summed E-state index contributed by atoms with van der Waals surface area (Å²) in [5.74, 6) is 0.596. The first kappa shape index (κ1) is 27.8. The minimum atomic E-state index is -4.26. The van der Waals surface area contributed by atoms with Gasteiger partial charge in [-0.25, -0.2) is 17.8 Å². The van der Waals surface area contributed by atoms with E-state index in [0.717, 1.165) is 16.5 Å².